The van der Waals surface area contributed by atoms with E-state index in [1.165, 1.54) is 0 Å². The normalized spacial score (nSPS) is 10.7. The first-order valence-corrected chi connectivity index (χ1v) is 6.03. The summed E-state index contributed by atoms with van der Waals surface area (Å²) in [7, 11) is 0. The fourth-order valence-electron chi connectivity index (χ4n) is 1.96. The number of rotatable bonds is 1. The molecule has 0 fully saturated rings. The summed E-state index contributed by atoms with van der Waals surface area (Å²) in [6.07, 6.45) is 0. The van der Waals surface area contributed by atoms with Crippen LogP contribution in [0.3, 0.4) is 0 Å². The Morgan fingerprint density at radius 2 is 1.78 bits per heavy atom. The van der Waals surface area contributed by atoms with Gasteiger partial charge in [0.05, 0.1) is 16.2 Å². The summed E-state index contributed by atoms with van der Waals surface area (Å²) in [6.45, 7) is 0. The molecule has 0 aliphatic heterocycles. The third-order valence-corrected chi connectivity index (χ3v) is 3.19. The maximum absolute atomic E-state index is 6.19. The average molecular weight is 255 g/mol. The van der Waals surface area contributed by atoms with Crippen LogP contribution in [0.5, 0.6) is 0 Å². The van der Waals surface area contributed by atoms with Crippen molar-refractivity contribution < 1.29 is 0 Å². The van der Waals surface area contributed by atoms with Crippen molar-refractivity contribution in [1.82, 2.24) is 4.98 Å². The van der Waals surface area contributed by atoms with Crippen molar-refractivity contribution >= 4 is 28.2 Å². The predicted molar refractivity (Wildman–Crippen MR) is 76.6 cm³/mol. The Bertz CT molecular complexity index is 723. The minimum absolute atomic E-state index is 0.659. The molecule has 0 radical (unpaired) electrons. The van der Waals surface area contributed by atoms with Crippen LogP contribution in [-0.4, -0.2) is 4.98 Å². The fraction of sp³-hybridized carbons (Fsp3) is 0. The van der Waals surface area contributed by atoms with E-state index in [0.29, 0.717) is 10.7 Å². The van der Waals surface area contributed by atoms with E-state index in [1.807, 2.05) is 42.5 Å². The van der Waals surface area contributed by atoms with Crippen LogP contribution in [0, 0.1) is 0 Å². The molecule has 3 aromatic rings. The zero-order valence-corrected chi connectivity index (χ0v) is 10.4. The van der Waals surface area contributed by atoms with Gasteiger partial charge in [-0.25, -0.2) is 4.98 Å². The molecule has 1 aromatic heterocycles. The first kappa shape index (κ1) is 11.1. The van der Waals surface area contributed by atoms with Crippen molar-refractivity contribution in [2.45, 2.75) is 0 Å². The summed E-state index contributed by atoms with van der Waals surface area (Å²) < 4.78 is 0. The molecule has 2 nitrogen and oxygen atoms in total. The summed E-state index contributed by atoms with van der Waals surface area (Å²) >= 11 is 6.19. The van der Waals surface area contributed by atoms with Gasteiger partial charge in [0.25, 0.3) is 0 Å². The topological polar surface area (TPSA) is 38.9 Å². The van der Waals surface area contributed by atoms with Gasteiger partial charge in [-0.15, -0.1) is 0 Å². The molecule has 0 bridgehead atoms. The molecule has 0 saturated heterocycles. The molecule has 0 spiro atoms. The van der Waals surface area contributed by atoms with Gasteiger partial charge in [0.15, 0.2) is 0 Å². The number of hydrogen-bond acceptors (Lipinski definition) is 2. The van der Waals surface area contributed by atoms with Crippen molar-refractivity contribution in [1.29, 1.82) is 0 Å². The number of halogens is 1. The van der Waals surface area contributed by atoms with E-state index in [2.05, 4.69) is 4.98 Å². The lowest BCUT2D eigenvalue weighted by Gasteiger charge is -2.06. The molecule has 3 heteroatoms. The lowest BCUT2D eigenvalue weighted by molar-refractivity contribution is 1.40. The quantitative estimate of drug-likeness (QED) is 0.663. The maximum Gasteiger partial charge on any atom is 0.0725 e. The number of benzene rings is 2. The van der Waals surface area contributed by atoms with Crippen LogP contribution in [0.15, 0.2) is 54.6 Å². The molecular weight excluding hydrogens is 244 g/mol. The smallest absolute Gasteiger partial charge is 0.0725 e. The highest BCUT2D eigenvalue weighted by Gasteiger charge is 2.06. The van der Waals surface area contributed by atoms with E-state index in [0.717, 1.165) is 22.2 Å². The first-order valence-electron chi connectivity index (χ1n) is 5.65. The number of nitrogens with two attached hydrogens (primary N) is 1. The Kier molecular flexibility index (Phi) is 2.65. The van der Waals surface area contributed by atoms with Crippen LogP contribution in [0.2, 0.25) is 5.02 Å². The third-order valence-electron chi connectivity index (χ3n) is 2.86. The maximum atomic E-state index is 6.19. The minimum Gasteiger partial charge on any atom is -0.399 e. The molecule has 2 N–H and O–H groups in total. The molecule has 0 aliphatic carbocycles. The number of nitrogens with zero attached hydrogens (tertiary/aromatic N) is 1. The van der Waals surface area contributed by atoms with Crippen LogP contribution < -0.4 is 5.73 Å². The summed E-state index contributed by atoms with van der Waals surface area (Å²) in [6, 6.07) is 17.4. The molecule has 88 valence electrons. The van der Waals surface area contributed by atoms with Crippen molar-refractivity contribution in [3.05, 3.63) is 59.6 Å². The predicted octanol–water partition coefficient (Wildman–Crippen LogP) is 4.14. The van der Waals surface area contributed by atoms with Gasteiger partial charge in [-0.3, -0.25) is 0 Å². The standard InChI is InChI=1S/C15H11ClN2/c16-13-7-6-11(17)9-12(13)15-8-5-10-3-1-2-4-14(10)18-15/h1-9H,17H2. The minimum atomic E-state index is 0.659. The number of hydrogen-bond donors (Lipinski definition) is 1. The van der Waals surface area contributed by atoms with Gasteiger partial charge < -0.3 is 5.73 Å². The summed E-state index contributed by atoms with van der Waals surface area (Å²) in [5.41, 5.74) is 9.13. The van der Waals surface area contributed by atoms with Crippen LogP contribution >= 0.6 is 11.6 Å². The summed E-state index contributed by atoms with van der Waals surface area (Å²) in [5.74, 6) is 0. The van der Waals surface area contributed by atoms with Crippen molar-refractivity contribution in [3.8, 4) is 11.3 Å². The molecule has 18 heavy (non-hydrogen) atoms. The molecule has 2 aromatic carbocycles. The molecule has 0 amide bonds. The molecule has 0 atom stereocenters. The van der Waals surface area contributed by atoms with Gasteiger partial charge in [-0.05, 0) is 30.3 Å². The van der Waals surface area contributed by atoms with Crippen LogP contribution in [0.1, 0.15) is 0 Å². The van der Waals surface area contributed by atoms with Gasteiger partial charge in [0.1, 0.15) is 0 Å². The van der Waals surface area contributed by atoms with E-state index in [1.54, 1.807) is 12.1 Å². The van der Waals surface area contributed by atoms with Crippen molar-refractivity contribution in [2.75, 3.05) is 5.73 Å². The Balaban J connectivity index is 2.22. The molecule has 0 unspecified atom stereocenters. The second-order valence-corrected chi connectivity index (χ2v) is 4.54. The van der Waals surface area contributed by atoms with Crippen LogP contribution in [0.25, 0.3) is 22.2 Å². The molecule has 3 rings (SSSR count). The van der Waals surface area contributed by atoms with E-state index in [9.17, 15) is 0 Å². The van der Waals surface area contributed by atoms with Gasteiger partial charge in [-0.2, -0.15) is 0 Å². The Morgan fingerprint density at radius 3 is 2.67 bits per heavy atom. The summed E-state index contributed by atoms with van der Waals surface area (Å²) in [4.78, 5) is 4.61. The Hall–Kier alpha value is -2.06. The van der Waals surface area contributed by atoms with Gasteiger partial charge in [0.2, 0.25) is 0 Å². The lowest BCUT2D eigenvalue weighted by atomic mass is 10.1. The second kappa shape index (κ2) is 4.31. The third kappa shape index (κ3) is 1.91. The Labute approximate surface area is 110 Å². The van der Waals surface area contributed by atoms with Crippen molar-refractivity contribution in [2.24, 2.45) is 0 Å². The number of nitrogen functional groups attached to an aromatic ring is 1. The largest absolute Gasteiger partial charge is 0.399 e. The molecule has 0 aliphatic rings. The van der Waals surface area contributed by atoms with E-state index in [4.69, 9.17) is 17.3 Å². The number of para-hydroxylation sites is 1. The first-order chi connectivity index (χ1) is 8.74. The zero-order chi connectivity index (χ0) is 12.5. The van der Waals surface area contributed by atoms with Crippen molar-refractivity contribution in [3.63, 3.8) is 0 Å². The highest BCUT2D eigenvalue weighted by Crippen LogP contribution is 2.29. The number of pyridine rings is 1. The van der Waals surface area contributed by atoms with E-state index < -0.39 is 0 Å². The lowest BCUT2D eigenvalue weighted by Crippen LogP contribution is -1.89. The highest BCUT2D eigenvalue weighted by molar-refractivity contribution is 6.33. The van der Waals surface area contributed by atoms with Crippen LogP contribution in [0.4, 0.5) is 5.69 Å². The SMILES string of the molecule is Nc1ccc(Cl)c(-c2ccc3ccccc3n2)c1. The molecule has 0 saturated carbocycles. The van der Waals surface area contributed by atoms with Crippen LogP contribution in [-0.2, 0) is 0 Å². The zero-order valence-electron chi connectivity index (χ0n) is 9.60. The van der Waals surface area contributed by atoms with Gasteiger partial charge >= 0.3 is 0 Å². The number of fused-ring (bicyclic) bond motifs is 1. The number of aromatic nitrogens is 1. The summed E-state index contributed by atoms with van der Waals surface area (Å²) in [5, 5.41) is 1.77. The monoisotopic (exact) mass is 254 g/mol. The van der Waals surface area contributed by atoms with Gasteiger partial charge in [-0.1, -0.05) is 35.9 Å². The van der Waals surface area contributed by atoms with E-state index in [-0.39, 0.29) is 0 Å². The average Bonchev–Trinajstić information content (AvgIpc) is 2.41. The molecular formula is C15H11ClN2. The van der Waals surface area contributed by atoms with E-state index >= 15 is 0 Å². The number of anilines is 1. The second-order valence-electron chi connectivity index (χ2n) is 4.13. The Morgan fingerprint density at radius 1 is 0.944 bits per heavy atom. The fourth-order valence-corrected chi connectivity index (χ4v) is 2.17. The molecule has 1 heterocycles. The highest BCUT2D eigenvalue weighted by atomic mass is 35.5. The van der Waals surface area contributed by atoms with Gasteiger partial charge in [0, 0.05) is 16.6 Å².